The van der Waals surface area contributed by atoms with Crippen LogP contribution in [0, 0.1) is 0 Å². The van der Waals surface area contributed by atoms with E-state index < -0.39 is 0 Å². The Kier molecular flexibility index (Phi) is 7.07. The maximum Gasteiger partial charge on any atom is 0.252 e. The van der Waals surface area contributed by atoms with Gasteiger partial charge in [0.1, 0.15) is 5.75 Å². The van der Waals surface area contributed by atoms with Gasteiger partial charge >= 0.3 is 0 Å². The van der Waals surface area contributed by atoms with Crippen LogP contribution >= 0.6 is 0 Å². The van der Waals surface area contributed by atoms with Crippen LogP contribution in [0.5, 0.6) is 17.2 Å². The first kappa shape index (κ1) is 25.7. The first-order chi connectivity index (χ1) is 18.3. The summed E-state index contributed by atoms with van der Waals surface area (Å²) in [6.07, 6.45) is 1.64. The van der Waals surface area contributed by atoms with Crippen molar-refractivity contribution in [3.63, 3.8) is 0 Å². The van der Waals surface area contributed by atoms with Crippen molar-refractivity contribution in [1.29, 1.82) is 0 Å². The molecule has 4 aromatic rings. The zero-order valence-electron chi connectivity index (χ0n) is 22.5. The Morgan fingerprint density at radius 3 is 2.53 bits per heavy atom. The number of ether oxygens (including phenoxy) is 3. The minimum absolute atomic E-state index is 0.121. The lowest BCUT2D eigenvalue weighted by molar-refractivity contribution is 0.150. The van der Waals surface area contributed by atoms with Crippen molar-refractivity contribution < 1.29 is 14.2 Å². The summed E-state index contributed by atoms with van der Waals surface area (Å²) in [5.41, 5.74) is 2.07. The molecule has 2 aromatic carbocycles. The van der Waals surface area contributed by atoms with E-state index in [-0.39, 0.29) is 23.9 Å². The summed E-state index contributed by atoms with van der Waals surface area (Å²) in [6.45, 7) is 9.69. The Bertz CT molecular complexity index is 1480. The highest BCUT2D eigenvalue weighted by Crippen LogP contribution is 2.36. The monoisotopic (exact) mass is 518 g/mol. The van der Waals surface area contributed by atoms with Crippen LogP contribution in [0.3, 0.4) is 0 Å². The minimum Gasteiger partial charge on any atom is -0.497 e. The molecule has 0 spiro atoms. The highest BCUT2D eigenvalue weighted by Gasteiger charge is 2.31. The Labute approximate surface area is 221 Å². The molecule has 1 N–H and O–H groups in total. The lowest BCUT2D eigenvalue weighted by Crippen LogP contribution is -2.36. The number of nitrogens with zero attached hydrogens (tertiary/aromatic N) is 5. The maximum atomic E-state index is 13.3. The zero-order valence-corrected chi connectivity index (χ0v) is 22.5. The predicted molar refractivity (Wildman–Crippen MR) is 143 cm³/mol. The number of aromatic amines is 1. The number of methoxy groups -OCH3 is 1. The van der Waals surface area contributed by atoms with Crippen molar-refractivity contribution in [2.75, 3.05) is 13.9 Å². The van der Waals surface area contributed by atoms with Gasteiger partial charge in [0.15, 0.2) is 17.3 Å². The summed E-state index contributed by atoms with van der Waals surface area (Å²) in [5.74, 6) is 2.90. The number of benzene rings is 2. The van der Waals surface area contributed by atoms with E-state index in [4.69, 9.17) is 14.2 Å². The van der Waals surface area contributed by atoms with Crippen LogP contribution in [0.2, 0.25) is 0 Å². The molecule has 3 heterocycles. The molecule has 0 saturated heterocycles. The lowest BCUT2D eigenvalue weighted by atomic mass is 10.0. The van der Waals surface area contributed by atoms with Gasteiger partial charge < -0.3 is 19.2 Å². The largest absolute Gasteiger partial charge is 0.497 e. The maximum absolute atomic E-state index is 13.3. The molecular weight excluding hydrogens is 484 g/mol. The standard InChI is InChI=1S/C28H34N6O4/c1-6-23(26-30-31-32-34(26)28(3,4)7-2)33(15-18-8-10-21(36-5)11-9-18)16-20-12-19-13-24-25(38-17-37-24)14-22(19)29-27(20)35/h8-14,23H,6-7,15-17H2,1-5H3,(H,29,35). The third-order valence-electron chi connectivity index (χ3n) is 7.39. The van der Waals surface area contributed by atoms with Gasteiger partial charge in [-0.1, -0.05) is 26.0 Å². The fraction of sp³-hybridized carbons (Fsp3) is 0.429. The smallest absolute Gasteiger partial charge is 0.252 e. The van der Waals surface area contributed by atoms with Gasteiger partial charge in [-0.25, -0.2) is 4.68 Å². The summed E-state index contributed by atoms with van der Waals surface area (Å²) in [7, 11) is 1.66. The number of hydrogen-bond donors (Lipinski definition) is 1. The van der Waals surface area contributed by atoms with E-state index in [1.54, 1.807) is 7.11 Å². The number of aromatic nitrogens is 5. The van der Waals surface area contributed by atoms with Crippen LogP contribution < -0.4 is 19.8 Å². The van der Waals surface area contributed by atoms with Gasteiger partial charge in [0.25, 0.3) is 5.56 Å². The normalized spacial score (nSPS) is 13.8. The van der Waals surface area contributed by atoms with Crippen molar-refractivity contribution in [2.24, 2.45) is 0 Å². The van der Waals surface area contributed by atoms with Crippen LogP contribution in [0.25, 0.3) is 10.9 Å². The number of pyridine rings is 1. The fourth-order valence-electron chi connectivity index (χ4n) is 4.81. The van der Waals surface area contributed by atoms with Gasteiger partial charge in [0.2, 0.25) is 6.79 Å². The Morgan fingerprint density at radius 1 is 1.11 bits per heavy atom. The highest BCUT2D eigenvalue weighted by molar-refractivity contribution is 5.83. The number of hydrogen-bond acceptors (Lipinski definition) is 8. The van der Waals surface area contributed by atoms with Gasteiger partial charge in [-0.3, -0.25) is 9.69 Å². The average molecular weight is 519 g/mol. The van der Waals surface area contributed by atoms with Crippen molar-refractivity contribution in [1.82, 2.24) is 30.1 Å². The summed E-state index contributed by atoms with van der Waals surface area (Å²) >= 11 is 0. The number of nitrogens with one attached hydrogen (secondary N) is 1. The molecular formula is C28H34N6O4. The van der Waals surface area contributed by atoms with E-state index in [0.29, 0.717) is 35.7 Å². The van der Waals surface area contributed by atoms with Crippen molar-refractivity contribution in [2.45, 2.75) is 65.2 Å². The van der Waals surface area contributed by atoms with Crippen molar-refractivity contribution in [3.8, 4) is 17.2 Å². The fourth-order valence-corrected chi connectivity index (χ4v) is 4.81. The molecule has 0 fully saturated rings. The molecule has 0 aliphatic carbocycles. The number of rotatable bonds is 10. The van der Waals surface area contributed by atoms with E-state index >= 15 is 0 Å². The second-order valence-electron chi connectivity index (χ2n) is 10.2. The lowest BCUT2D eigenvalue weighted by Gasteiger charge is -2.33. The predicted octanol–water partition coefficient (Wildman–Crippen LogP) is 4.55. The molecule has 10 nitrogen and oxygen atoms in total. The summed E-state index contributed by atoms with van der Waals surface area (Å²) in [6, 6.07) is 13.5. The molecule has 0 amide bonds. The second kappa shape index (κ2) is 10.4. The Hall–Kier alpha value is -3.92. The van der Waals surface area contributed by atoms with Gasteiger partial charge in [-0.15, -0.1) is 5.10 Å². The molecule has 0 radical (unpaired) electrons. The third kappa shape index (κ3) is 4.96. The van der Waals surface area contributed by atoms with Crippen molar-refractivity contribution >= 4 is 10.9 Å². The molecule has 10 heteroatoms. The molecule has 38 heavy (non-hydrogen) atoms. The SMILES string of the molecule is CCC(c1nnnn1C(C)(C)CC)N(Cc1ccc(OC)cc1)Cc1cc2cc3c(cc2[nH]c1=O)OCO3. The van der Waals surface area contributed by atoms with Crippen LogP contribution in [0.1, 0.15) is 63.5 Å². The van der Waals surface area contributed by atoms with E-state index in [1.807, 2.05) is 47.1 Å². The third-order valence-corrected chi connectivity index (χ3v) is 7.39. The minimum atomic E-state index is -0.249. The number of tetrazole rings is 1. The molecule has 0 bridgehead atoms. The van der Waals surface area contributed by atoms with E-state index in [9.17, 15) is 4.79 Å². The summed E-state index contributed by atoms with van der Waals surface area (Å²) in [5, 5.41) is 13.8. The topological polar surface area (TPSA) is 107 Å². The van der Waals surface area contributed by atoms with Crippen LogP contribution in [0.4, 0.5) is 0 Å². The zero-order chi connectivity index (χ0) is 26.9. The highest BCUT2D eigenvalue weighted by atomic mass is 16.7. The van der Waals surface area contributed by atoms with E-state index in [0.717, 1.165) is 35.4 Å². The van der Waals surface area contributed by atoms with Gasteiger partial charge in [0, 0.05) is 30.1 Å². The summed E-state index contributed by atoms with van der Waals surface area (Å²) in [4.78, 5) is 18.6. The van der Waals surface area contributed by atoms with Gasteiger partial charge in [0.05, 0.1) is 24.2 Å². The quantitative estimate of drug-likeness (QED) is 0.326. The van der Waals surface area contributed by atoms with E-state index in [1.165, 1.54) is 0 Å². The first-order valence-corrected chi connectivity index (χ1v) is 12.9. The van der Waals surface area contributed by atoms with Crippen LogP contribution in [-0.4, -0.2) is 44.0 Å². The Morgan fingerprint density at radius 2 is 1.84 bits per heavy atom. The number of fused-ring (bicyclic) bond motifs is 2. The molecule has 2 aromatic heterocycles. The van der Waals surface area contributed by atoms with Crippen LogP contribution in [0.15, 0.2) is 47.3 Å². The average Bonchev–Trinajstić information content (AvgIpc) is 3.59. The Balaban J connectivity index is 1.55. The molecule has 0 saturated carbocycles. The number of H-pyrrole nitrogens is 1. The molecule has 1 aliphatic rings. The second-order valence-corrected chi connectivity index (χ2v) is 10.2. The van der Waals surface area contributed by atoms with Crippen molar-refractivity contribution in [3.05, 3.63) is 69.8 Å². The van der Waals surface area contributed by atoms with Gasteiger partial charge in [-0.05, 0) is 66.9 Å². The molecule has 1 atom stereocenters. The molecule has 1 unspecified atom stereocenters. The van der Waals surface area contributed by atoms with Gasteiger partial charge in [-0.2, -0.15) is 0 Å². The molecule has 1 aliphatic heterocycles. The van der Waals surface area contributed by atoms with Crippen LogP contribution in [-0.2, 0) is 18.6 Å². The molecule has 5 rings (SSSR count). The van der Waals surface area contributed by atoms with E-state index in [2.05, 4.69) is 53.1 Å². The first-order valence-electron chi connectivity index (χ1n) is 12.9. The molecule has 200 valence electrons. The summed E-state index contributed by atoms with van der Waals surface area (Å²) < 4.78 is 18.3.